The summed E-state index contributed by atoms with van der Waals surface area (Å²) in [5, 5.41) is 8.18. The van der Waals surface area contributed by atoms with Crippen molar-refractivity contribution in [1.82, 2.24) is 19.6 Å². The zero-order valence-electron chi connectivity index (χ0n) is 11.2. The molecule has 2 atom stereocenters. The van der Waals surface area contributed by atoms with Crippen molar-refractivity contribution in [1.29, 1.82) is 0 Å². The van der Waals surface area contributed by atoms with E-state index in [0.717, 1.165) is 17.7 Å². The molecule has 0 aromatic carbocycles. The minimum atomic E-state index is 0.444. The lowest BCUT2D eigenvalue weighted by Crippen LogP contribution is -2.31. The van der Waals surface area contributed by atoms with Gasteiger partial charge < -0.3 is 5.32 Å². The van der Waals surface area contributed by atoms with E-state index in [0.29, 0.717) is 17.0 Å². The molecule has 0 bridgehead atoms. The molecule has 6 heteroatoms. The monoisotopic (exact) mass is 279 g/mol. The third kappa shape index (κ3) is 2.66. The summed E-state index contributed by atoms with van der Waals surface area (Å²) < 4.78 is 1.70. The van der Waals surface area contributed by atoms with Crippen molar-refractivity contribution >= 4 is 23.2 Å². The highest BCUT2D eigenvalue weighted by Gasteiger charge is 2.24. The standard InChI is InChI=1S/C13H18ClN5/c1-8-3-9(2)5-10(4-8)17-12-6-11(14)18-13-15-7-16-19(12)13/h6-10,17H,3-5H2,1-2H3. The molecule has 102 valence electrons. The average Bonchev–Trinajstić information content (AvgIpc) is 2.75. The highest BCUT2D eigenvalue weighted by Crippen LogP contribution is 2.30. The van der Waals surface area contributed by atoms with Crippen LogP contribution < -0.4 is 5.32 Å². The van der Waals surface area contributed by atoms with Gasteiger partial charge in [-0.15, -0.1) is 0 Å². The molecule has 2 heterocycles. The number of aromatic nitrogens is 4. The van der Waals surface area contributed by atoms with E-state index in [1.165, 1.54) is 25.6 Å². The molecule has 2 aromatic rings. The predicted octanol–water partition coefficient (Wildman–Crippen LogP) is 3.01. The Bertz CT molecular complexity index is 571. The smallest absolute Gasteiger partial charge is 0.255 e. The first-order valence-corrected chi connectivity index (χ1v) is 7.12. The Kier molecular flexibility index (Phi) is 3.31. The van der Waals surface area contributed by atoms with Crippen molar-refractivity contribution in [3.05, 3.63) is 17.5 Å². The van der Waals surface area contributed by atoms with Gasteiger partial charge in [0.05, 0.1) is 0 Å². The summed E-state index contributed by atoms with van der Waals surface area (Å²) in [6.45, 7) is 4.63. The van der Waals surface area contributed by atoms with Crippen molar-refractivity contribution in [3.8, 4) is 0 Å². The highest BCUT2D eigenvalue weighted by molar-refractivity contribution is 6.29. The van der Waals surface area contributed by atoms with Crippen LogP contribution in [0.3, 0.4) is 0 Å². The fraction of sp³-hybridized carbons (Fsp3) is 0.615. The van der Waals surface area contributed by atoms with Gasteiger partial charge in [0, 0.05) is 12.1 Å². The summed E-state index contributed by atoms with van der Waals surface area (Å²) in [5.41, 5.74) is 0. The maximum absolute atomic E-state index is 6.02. The van der Waals surface area contributed by atoms with Gasteiger partial charge in [0.2, 0.25) is 0 Å². The molecule has 19 heavy (non-hydrogen) atoms. The van der Waals surface area contributed by atoms with E-state index in [4.69, 9.17) is 11.6 Å². The van der Waals surface area contributed by atoms with Gasteiger partial charge in [-0.2, -0.15) is 19.6 Å². The predicted molar refractivity (Wildman–Crippen MR) is 75.4 cm³/mol. The number of halogens is 1. The molecule has 1 N–H and O–H groups in total. The lowest BCUT2D eigenvalue weighted by molar-refractivity contribution is 0.280. The van der Waals surface area contributed by atoms with Crippen LogP contribution in [0.2, 0.25) is 5.15 Å². The molecule has 0 radical (unpaired) electrons. The van der Waals surface area contributed by atoms with Crippen molar-refractivity contribution in [2.75, 3.05) is 5.32 Å². The molecule has 0 amide bonds. The molecule has 2 aromatic heterocycles. The average molecular weight is 280 g/mol. The van der Waals surface area contributed by atoms with Crippen molar-refractivity contribution < 1.29 is 0 Å². The molecule has 1 aliphatic carbocycles. The number of nitrogens with one attached hydrogen (secondary N) is 1. The van der Waals surface area contributed by atoms with E-state index in [1.807, 2.05) is 6.07 Å². The van der Waals surface area contributed by atoms with Crippen LogP contribution in [0.1, 0.15) is 33.1 Å². The Morgan fingerprint density at radius 3 is 2.74 bits per heavy atom. The van der Waals surface area contributed by atoms with Crippen LogP contribution in [0, 0.1) is 11.8 Å². The number of hydrogen-bond donors (Lipinski definition) is 1. The largest absolute Gasteiger partial charge is 0.367 e. The lowest BCUT2D eigenvalue weighted by atomic mass is 9.80. The van der Waals surface area contributed by atoms with Gasteiger partial charge in [-0.25, -0.2) is 0 Å². The summed E-state index contributed by atoms with van der Waals surface area (Å²) >= 11 is 6.02. The molecule has 1 saturated carbocycles. The van der Waals surface area contributed by atoms with Crippen LogP contribution in [0.5, 0.6) is 0 Å². The fourth-order valence-corrected chi connectivity index (χ4v) is 3.34. The van der Waals surface area contributed by atoms with E-state index < -0.39 is 0 Å². The van der Waals surface area contributed by atoms with Crippen molar-refractivity contribution in [2.24, 2.45) is 11.8 Å². The van der Waals surface area contributed by atoms with E-state index in [9.17, 15) is 0 Å². The summed E-state index contributed by atoms with van der Waals surface area (Å²) in [6, 6.07) is 2.28. The summed E-state index contributed by atoms with van der Waals surface area (Å²) in [5.74, 6) is 2.92. The maximum Gasteiger partial charge on any atom is 0.255 e. The Morgan fingerprint density at radius 1 is 1.26 bits per heavy atom. The molecule has 1 fully saturated rings. The van der Waals surface area contributed by atoms with E-state index >= 15 is 0 Å². The summed E-state index contributed by atoms with van der Waals surface area (Å²) in [6.07, 6.45) is 5.17. The first kappa shape index (κ1) is 12.7. The SMILES string of the molecule is CC1CC(C)CC(Nc2cc(Cl)nc3ncnn23)C1. The van der Waals surface area contributed by atoms with E-state index in [1.54, 1.807) is 4.52 Å². The van der Waals surface area contributed by atoms with Crippen LogP contribution in [0.15, 0.2) is 12.4 Å². The number of nitrogens with zero attached hydrogens (tertiary/aromatic N) is 4. The van der Waals surface area contributed by atoms with Crippen LogP contribution in [-0.4, -0.2) is 25.6 Å². The lowest BCUT2D eigenvalue weighted by Gasteiger charge is -2.32. The van der Waals surface area contributed by atoms with Crippen LogP contribution in [0.25, 0.3) is 5.78 Å². The second-order valence-electron chi connectivity index (χ2n) is 5.69. The number of anilines is 1. The van der Waals surface area contributed by atoms with Gasteiger partial charge in [0.1, 0.15) is 17.3 Å². The first-order chi connectivity index (χ1) is 9.11. The minimum absolute atomic E-state index is 0.444. The Hall–Kier alpha value is -1.36. The zero-order chi connectivity index (χ0) is 13.4. The van der Waals surface area contributed by atoms with Gasteiger partial charge in [0.15, 0.2) is 0 Å². The highest BCUT2D eigenvalue weighted by atomic mass is 35.5. The van der Waals surface area contributed by atoms with Gasteiger partial charge in [-0.1, -0.05) is 25.4 Å². The van der Waals surface area contributed by atoms with Gasteiger partial charge in [-0.05, 0) is 31.1 Å². The second-order valence-corrected chi connectivity index (χ2v) is 6.08. The quantitative estimate of drug-likeness (QED) is 0.859. The zero-order valence-corrected chi connectivity index (χ0v) is 11.9. The van der Waals surface area contributed by atoms with Crippen LogP contribution in [0.4, 0.5) is 5.82 Å². The topological polar surface area (TPSA) is 55.1 Å². The van der Waals surface area contributed by atoms with Crippen molar-refractivity contribution in [2.45, 2.75) is 39.2 Å². The maximum atomic E-state index is 6.02. The van der Waals surface area contributed by atoms with Gasteiger partial charge >= 0.3 is 0 Å². The summed E-state index contributed by atoms with van der Waals surface area (Å²) in [7, 11) is 0. The molecule has 5 nitrogen and oxygen atoms in total. The molecule has 1 aliphatic rings. The molecule has 0 spiro atoms. The molecular weight excluding hydrogens is 262 g/mol. The number of rotatable bonds is 2. The molecule has 2 unspecified atom stereocenters. The second kappa shape index (κ2) is 4.96. The third-order valence-corrected chi connectivity index (χ3v) is 3.94. The molecule has 0 aliphatic heterocycles. The number of hydrogen-bond acceptors (Lipinski definition) is 4. The Labute approximate surface area is 117 Å². The third-order valence-electron chi connectivity index (χ3n) is 3.75. The van der Waals surface area contributed by atoms with E-state index in [-0.39, 0.29) is 0 Å². The summed E-state index contributed by atoms with van der Waals surface area (Å²) in [4.78, 5) is 8.21. The fourth-order valence-electron chi connectivity index (χ4n) is 3.16. The first-order valence-electron chi connectivity index (χ1n) is 6.74. The van der Waals surface area contributed by atoms with Crippen molar-refractivity contribution in [3.63, 3.8) is 0 Å². The molecular formula is C13H18ClN5. The van der Waals surface area contributed by atoms with Gasteiger partial charge in [-0.3, -0.25) is 0 Å². The van der Waals surface area contributed by atoms with E-state index in [2.05, 4.69) is 34.2 Å². The minimum Gasteiger partial charge on any atom is -0.367 e. The van der Waals surface area contributed by atoms with Gasteiger partial charge in [0.25, 0.3) is 5.78 Å². The molecule has 3 rings (SSSR count). The Balaban J connectivity index is 1.86. The van der Waals surface area contributed by atoms with Crippen LogP contribution in [-0.2, 0) is 0 Å². The van der Waals surface area contributed by atoms with Crippen LogP contribution >= 0.6 is 11.6 Å². The Morgan fingerprint density at radius 2 is 2.00 bits per heavy atom. The normalized spacial score (nSPS) is 27.6. The number of fused-ring (bicyclic) bond motifs is 1. The molecule has 0 saturated heterocycles.